The Hall–Kier alpha value is -3.45. The zero-order chi connectivity index (χ0) is 21.5. The lowest BCUT2D eigenvalue weighted by molar-refractivity contribution is -0.384. The van der Waals surface area contributed by atoms with Gasteiger partial charge in [0.2, 0.25) is 5.12 Å². The number of thioether (sulfide) groups is 1. The Kier molecular flexibility index (Phi) is 6.98. The number of rotatable bonds is 8. The monoisotopic (exact) mass is 421 g/mol. The Morgan fingerprint density at radius 1 is 0.967 bits per heavy atom. The summed E-state index contributed by atoms with van der Waals surface area (Å²) in [5, 5.41) is 10.4. The summed E-state index contributed by atoms with van der Waals surface area (Å²) in [4.78, 5) is 36.3. The van der Waals surface area contributed by atoms with Gasteiger partial charge >= 0.3 is 0 Å². The number of non-ortho nitro benzene ring substituents is 1. The molecule has 30 heavy (non-hydrogen) atoms. The first-order valence-corrected chi connectivity index (χ1v) is 10.0. The highest BCUT2D eigenvalue weighted by molar-refractivity contribution is 8.14. The van der Waals surface area contributed by atoms with E-state index in [1.807, 2.05) is 6.07 Å². The predicted octanol–water partition coefficient (Wildman–Crippen LogP) is 5.49. The van der Waals surface area contributed by atoms with Gasteiger partial charge in [-0.1, -0.05) is 54.2 Å². The first-order valence-electron chi connectivity index (χ1n) is 9.15. The van der Waals surface area contributed by atoms with Crippen LogP contribution < -0.4 is 4.74 Å². The average molecular weight is 421 g/mol. The lowest BCUT2D eigenvalue weighted by atomic mass is 10.0. The molecule has 3 aromatic rings. The Labute approximate surface area is 178 Å². The van der Waals surface area contributed by atoms with E-state index in [1.54, 1.807) is 67.8 Å². The molecule has 0 saturated carbocycles. The molecule has 3 rings (SSSR count). The second-order valence-electron chi connectivity index (χ2n) is 6.47. The van der Waals surface area contributed by atoms with Crippen molar-refractivity contribution in [2.24, 2.45) is 0 Å². The molecule has 0 aliphatic carbocycles. The molecule has 0 aliphatic rings. The summed E-state index contributed by atoms with van der Waals surface area (Å²) >= 11 is 0.995. The fourth-order valence-corrected chi connectivity index (χ4v) is 3.95. The highest BCUT2D eigenvalue weighted by Gasteiger charge is 2.23. The number of nitro benzene ring substituents is 1. The summed E-state index contributed by atoms with van der Waals surface area (Å²) in [5.41, 5.74) is 1.47. The van der Waals surface area contributed by atoms with E-state index in [9.17, 15) is 19.7 Å². The molecule has 0 fully saturated rings. The molecule has 0 bridgehead atoms. The van der Waals surface area contributed by atoms with Gasteiger partial charge in [0.15, 0.2) is 5.78 Å². The molecule has 6 nitrogen and oxygen atoms in total. The van der Waals surface area contributed by atoms with Crippen molar-refractivity contribution in [2.75, 3.05) is 7.11 Å². The van der Waals surface area contributed by atoms with Gasteiger partial charge in [0, 0.05) is 34.9 Å². The van der Waals surface area contributed by atoms with Gasteiger partial charge in [-0.05, 0) is 29.8 Å². The van der Waals surface area contributed by atoms with Gasteiger partial charge in [-0.25, -0.2) is 0 Å². The van der Waals surface area contributed by atoms with Crippen LogP contribution >= 0.6 is 11.8 Å². The zero-order valence-corrected chi connectivity index (χ0v) is 17.0. The van der Waals surface area contributed by atoms with Crippen LogP contribution in [-0.4, -0.2) is 22.9 Å². The predicted molar refractivity (Wildman–Crippen MR) is 116 cm³/mol. The Bertz CT molecular complexity index is 1050. The number of nitro groups is 1. The van der Waals surface area contributed by atoms with Crippen molar-refractivity contribution < 1.29 is 19.2 Å². The summed E-state index contributed by atoms with van der Waals surface area (Å²) in [6.07, 6.45) is 0.0245. The van der Waals surface area contributed by atoms with E-state index < -0.39 is 10.2 Å². The number of nitrogens with zero attached hydrogens (tertiary/aromatic N) is 1. The minimum Gasteiger partial charge on any atom is -0.497 e. The molecule has 0 aromatic heterocycles. The van der Waals surface area contributed by atoms with Crippen LogP contribution in [0.1, 0.15) is 38.0 Å². The number of Topliss-reactive ketones (excluding diaryl/α,β-unsaturated/α-hetero) is 1. The molecule has 7 heteroatoms. The van der Waals surface area contributed by atoms with Crippen molar-refractivity contribution in [3.05, 3.63) is 106 Å². The van der Waals surface area contributed by atoms with Gasteiger partial charge in [-0.15, -0.1) is 0 Å². The molecular formula is C23H19NO5S. The van der Waals surface area contributed by atoms with Crippen LogP contribution in [0, 0.1) is 10.1 Å². The molecule has 0 N–H and O–H groups in total. The summed E-state index contributed by atoms with van der Waals surface area (Å²) in [5.74, 6) is 0.470. The standard InChI is InChI=1S/C23H19NO5S/c1-29-20-12-10-16(11-13-20)21(25)15-22(18-8-5-9-19(14-18)24(27)28)30-23(26)17-6-3-2-4-7-17/h2-14,22H,15H2,1H3. The molecule has 0 radical (unpaired) electrons. The molecule has 0 spiro atoms. The van der Waals surface area contributed by atoms with E-state index in [-0.39, 0.29) is 23.0 Å². The van der Waals surface area contributed by atoms with E-state index in [0.717, 1.165) is 11.8 Å². The topological polar surface area (TPSA) is 86.5 Å². The molecular weight excluding hydrogens is 402 g/mol. The van der Waals surface area contributed by atoms with Crippen LogP contribution in [0.25, 0.3) is 0 Å². The highest BCUT2D eigenvalue weighted by atomic mass is 32.2. The molecule has 0 heterocycles. The molecule has 1 atom stereocenters. The summed E-state index contributed by atoms with van der Waals surface area (Å²) in [6, 6.07) is 21.5. The van der Waals surface area contributed by atoms with Gasteiger partial charge < -0.3 is 4.74 Å². The summed E-state index contributed by atoms with van der Waals surface area (Å²) in [6.45, 7) is 0. The van der Waals surface area contributed by atoms with E-state index in [1.165, 1.54) is 12.1 Å². The zero-order valence-electron chi connectivity index (χ0n) is 16.2. The minimum atomic E-state index is -0.563. The maximum atomic E-state index is 12.9. The van der Waals surface area contributed by atoms with Crippen molar-refractivity contribution in [3.8, 4) is 5.75 Å². The number of hydrogen-bond acceptors (Lipinski definition) is 6. The quantitative estimate of drug-likeness (QED) is 0.271. The summed E-state index contributed by atoms with van der Waals surface area (Å²) < 4.78 is 5.11. The van der Waals surface area contributed by atoms with Crippen molar-refractivity contribution in [2.45, 2.75) is 11.7 Å². The molecule has 0 saturated heterocycles. The van der Waals surface area contributed by atoms with E-state index in [0.29, 0.717) is 22.4 Å². The van der Waals surface area contributed by atoms with E-state index >= 15 is 0 Å². The minimum absolute atomic E-state index is 0.0245. The van der Waals surface area contributed by atoms with Crippen molar-refractivity contribution in [3.63, 3.8) is 0 Å². The molecule has 3 aromatic carbocycles. The summed E-state index contributed by atoms with van der Waals surface area (Å²) in [7, 11) is 1.54. The van der Waals surface area contributed by atoms with Crippen LogP contribution in [0.15, 0.2) is 78.9 Å². The maximum Gasteiger partial charge on any atom is 0.269 e. The van der Waals surface area contributed by atoms with Gasteiger partial charge in [0.05, 0.1) is 12.0 Å². The number of hydrogen-bond donors (Lipinski definition) is 0. The van der Waals surface area contributed by atoms with E-state index in [2.05, 4.69) is 0 Å². The Balaban J connectivity index is 1.88. The van der Waals surface area contributed by atoms with Crippen molar-refractivity contribution in [1.29, 1.82) is 0 Å². The molecule has 0 amide bonds. The van der Waals surface area contributed by atoms with Crippen LogP contribution in [0.4, 0.5) is 5.69 Å². The number of carbonyl (C=O) groups excluding carboxylic acids is 2. The number of benzene rings is 3. The van der Waals surface area contributed by atoms with Crippen LogP contribution in [-0.2, 0) is 0 Å². The maximum absolute atomic E-state index is 12.9. The second kappa shape index (κ2) is 9.84. The van der Waals surface area contributed by atoms with E-state index in [4.69, 9.17) is 4.74 Å². The lowest BCUT2D eigenvalue weighted by Gasteiger charge is -2.16. The number of carbonyl (C=O) groups is 2. The van der Waals surface area contributed by atoms with Gasteiger partial charge in [-0.3, -0.25) is 19.7 Å². The number of ether oxygens (including phenoxy) is 1. The van der Waals surface area contributed by atoms with Gasteiger partial charge in [-0.2, -0.15) is 0 Å². The molecule has 1 unspecified atom stereocenters. The third-order valence-electron chi connectivity index (χ3n) is 4.49. The van der Waals surface area contributed by atoms with Gasteiger partial charge in [0.1, 0.15) is 5.75 Å². The first kappa shape index (κ1) is 21.3. The van der Waals surface area contributed by atoms with Crippen LogP contribution in [0.2, 0.25) is 0 Å². The smallest absolute Gasteiger partial charge is 0.269 e. The average Bonchev–Trinajstić information content (AvgIpc) is 2.79. The Morgan fingerprint density at radius 3 is 2.30 bits per heavy atom. The second-order valence-corrected chi connectivity index (χ2v) is 7.64. The van der Waals surface area contributed by atoms with Crippen molar-refractivity contribution in [1.82, 2.24) is 0 Å². The largest absolute Gasteiger partial charge is 0.497 e. The van der Waals surface area contributed by atoms with Gasteiger partial charge in [0.25, 0.3) is 5.69 Å². The fraction of sp³-hybridized carbons (Fsp3) is 0.130. The molecule has 152 valence electrons. The van der Waals surface area contributed by atoms with Crippen molar-refractivity contribution >= 4 is 28.3 Å². The first-order chi connectivity index (χ1) is 14.5. The molecule has 0 aliphatic heterocycles. The third kappa shape index (κ3) is 5.33. The normalized spacial score (nSPS) is 11.5. The fourth-order valence-electron chi connectivity index (χ4n) is 2.90. The number of ketones is 1. The third-order valence-corrected chi connectivity index (χ3v) is 5.67. The highest BCUT2D eigenvalue weighted by Crippen LogP contribution is 2.37. The number of methoxy groups -OCH3 is 1. The van der Waals surface area contributed by atoms with Crippen LogP contribution in [0.3, 0.4) is 0 Å². The van der Waals surface area contributed by atoms with Crippen LogP contribution in [0.5, 0.6) is 5.75 Å². The Morgan fingerprint density at radius 2 is 1.67 bits per heavy atom. The lowest BCUT2D eigenvalue weighted by Crippen LogP contribution is -2.08. The SMILES string of the molecule is COc1ccc(C(=O)CC(SC(=O)c2ccccc2)c2cccc([N+](=O)[O-])c2)cc1.